The van der Waals surface area contributed by atoms with Crippen LogP contribution in [0.2, 0.25) is 0 Å². The summed E-state index contributed by atoms with van der Waals surface area (Å²) in [4.78, 5) is 11.5. The lowest BCUT2D eigenvalue weighted by atomic mass is 9.70. The van der Waals surface area contributed by atoms with Crippen molar-refractivity contribution in [2.75, 3.05) is 0 Å². The van der Waals surface area contributed by atoms with Crippen LogP contribution in [0.4, 0.5) is 0 Å². The second-order valence-corrected chi connectivity index (χ2v) is 5.30. The van der Waals surface area contributed by atoms with Gasteiger partial charge in [-0.3, -0.25) is 4.79 Å². The molecule has 0 amide bonds. The Morgan fingerprint density at radius 1 is 1.21 bits per heavy atom. The quantitative estimate of drug-likeness (QED) is 0.673. The molecule has 0 aromatic carbocycles. The van der Waals surface area contributed by atoms with Gasteiger partial charge in [0.1, 0.15) is 5.78 Å². The number of rotatable bonds is 3. The first-order valence-electron chi connectivity index (χ1n) is 6.05. The number of carbonyl (C=O) groups is 1. The van der Waals surface area contributed by atoms with Crippen LogP contribution in [0.15, 0.2) is 0 Å². The molecule has 0 bridgehead atoms. The smallest absolute Gasteiger partial charge is 0.133 e. The Morgan fingerprint density at radius 2 is 1.71 bits per heavy atom. The molecule has 1 saturated carbocycles. The van der Waals surface area contributed by atoms with Gasteiger partial charge in [0.25, 0.3) is 0 Å². The lowest BCUT2D eigenvalue weighted by Gasteiger charge is -2.35. The first kappa shape index (κ1) is 11.7. The highest BCUT2D eigenvalue weighted by atomic mass is 16.1. The van der Waals surface area contributed by atoms with Gasteiger partial charge in [-0.1, -0.05) is 20.8 Å². The van der Waals surface area contributed by atoms with Crippen LogP contribution in [0.1, 0.15) is 53.4 Å². The monoisotopic (exact) mass is 196 g/mol. The zero-order valence-electron chi connectivity index (χ0n) is 10.0. The van der Waals surface area contributed by atoms with E-state index in [1.807, 2.05) is 0 Å². The molecule has 82 valence electrons. The van der Waals surface area contributed by atoms with Gasteiger partial charge < -0.3 is 0 Å². The maximum absolute atomic E-state index is 11.5. The van der Waals surface area contributed by atoms with E-state index in [9.17, 15) is 4.79 Å². The Balaban J connectivity index is 2.61. The van der Waals surface area contributed by atoms with Crippen molar-refractivity contribution in [3.63, 3.8) is 0 Å². The Kier molecular flexibility index (Phi) is 4.15. The molecule has 1 fully saturated rings. The van der Waals surface area contributed by atoms with Gasteiger partial charge in [-0.25, -0.2) is 0 Å². The summed E-state index contributed by atoms with van der Waals surface area (Å²) in [6, 6.07) is 0. The highest BCUT2D eigenvalue weighted by Crippen LogP contribution is 2.38. The van der Waals surface area contributed by atoms with Crippen molar-refractivity contribution in [3.8, 4) is 0 Å². The Hall–Kier alpha value is -0.330. The molecule has 0 heterocycles. The topological polar surface area (TPSA) is 17.1 Å². The summed E-state index contributed by atoms with van der Waals surface area (Å²) in [7, 11) is 0. The molecule has 1 aliphatic rings. The summed E-state index contributed by atoms with van der Waals surface area (Å²) in [6.07, 6.45) is 4.91. The molecule has 14 heavy (non-hydrogen) atoms. The van der Waals surface area contributed by atoms with Crippen molar-refractivity contribution in [2.45, 2.75) is 53.4 Å². The van der Waals surface area contributed by atoms with Gasteiger partial charge in [0, 0.05) is 5.92 Å². The molecular weight excluding hydrogens is 172 g/mol. The minimum Gasteiger partial charge on any atom is -0.300 e. The second-order valence-electron chi connectivity index (χ2n) is 5.30. The van der Waals surface area contributed by atoms with Crippen molar-refractivity contribution in [3.05, 3.63) is 0 Å². The highest BCUT2D eigenvalue weighted by molar-refractivity contribution is 5.78. The van der Waals surface area contributed by atoms with Crippen LogP contribution in [0.5, 0.6) is 0 Å². The van der Waals surface area contributed by atoms with Crippen LogP contribution in [-0.4, -0.2) is 5.78 Å². The zero-order valence-corrected chi connectivity index (χ0v) is 10.0. The van der Waals surface area contributed by atoms with E-state index < -0.39 is 0 Å². The maximum atomic E-state index is 11.5. The molecule has 1 rings (SSSR count). The van der Waals surface area contributed by atoms with Crippen LogP contribution >= 0.6 is 0 Å². The van der Waals surface area contributed by atoms with Gasteiger partial charge in [-0.2, -0.15) is 0 Å². The first-order valence-corrected chi connectivity index (χ1v) is 6.05. The molecule has 0 spiro atoms. The molecule has 0 aromatic rings. The lowest BCUT2D eigenvalue weighted by molar-refractivity contribution is -0.123. The summed E-state index contributed by atoms with van der Waals surface area (Å²) >= 11 is 0. The fraction of sp³-hybridized carbons (Fsp3) is 0.923. The standard InChI is InChI=1S/C13H24O/c1-5-13(11(4)14)12-7-9(2)6-10(3)8-12/h9-10,12-13H,5-8H2,1-4H3. The van der Waals surface area contributed by atoms with E-state index in [0.29, 0.717) is 17.6 Å². The number of hydrogen-bond donors (Lipinski definition) is 0. The molecule has 0 N–H and O–H groups in total. The van der Waals surface area contributed by atoms with Crippen LogP contribution in [0.25, 0.3) is 0 Å². The van der Waals surface area contributed by atoms with E-state index in [1.54, 1.807) is 6.92 Å². The van der Waals surface area contributed by atoms with Crippen molar-refractivity contribution >= 4 is 5.78 Å². The van der Waals surface area contributed by atoms with Gasteiger partial charge in [0.2, 0.25) is 0 Å². The van der Waals surface area contributed by atoms with Gasteiger partial charge >= 0.3 is 0 Å². The van der Waals surface area contributed by atoms with Crippen LogP contribution in [-0.2, 0) is 4.79 Å². The third kappa shape index (κ3) is 2.83. The fourth-order valence-electron chi connectivity index (χ4n) is 3.29. The number of ketones is 1. The minimum absolute atomic E-state index is 0.334. The Morgan fingerprint density at radius 3 is 2.07 bits per heavy atom. The molecule has 1 nitrogen and oxygen atoms in total. The van der Waals surface area contributed by atoms with E-state index in [4.69, 9.17) is 0 Å². The molecule has 0 aromatic heterocycles. The summed E-state index contributed by atoms with van der Waals surface area (Å²) < 4.78 is 0. The molecule has 3 atom stereocenters. The van der Waals surface area contributed by atoms with Crippen LogP contribution in [0.3, 0.4) is 0 Å². The van der Waals surface area contributed by atoms with E-state index in [0.717, 1.165) is 18.3 Å². The molecule has 0 saturated heterocycles. The summed E-state index contributed by atoms with van der Waals surface area (Å²) in [5.74, 6) is 3.03. The lowest BCUT2D eigenvalue weighted by Crippen LogP contribution is -2.29. The molecule has 1 heteroatoms. The normalized spacial score (nSPS) is 35.3. The van der Waals surface area contributed by atoms with Crippen LogP contribution in [0, 0.1) is 23.7 Å². The van der Waals surface area contributed by atoms with Gasteiger partial charge in [-0.05, 0) is 50.4 Å². The summed E-state index contributed by atoms with van der Waals surface area (Å²) in [5, 5.41) is 0. The molecule has 1 aliphatic carbocycles. The average Bonchev–Trinajstić information content (AvgIpc) is 2.02. The fourth-order valence-corrected chi connectivity index (χ4v) is 3.29. The number of carbonyl (C=O) groups excluding carboxylic acids is 1. The van der Waals surface area contributed by atoms with Gasteiger partial charge in [0.05, 0.1) is 0 Å². The third-order valence-corrected chi connectivity index (χ3v) is 3.75. The Bertz CT molecular complexity index is 187. The highest BCUT2D eigenvalue weighted by Gasteiger charge is 2.31. The number of Topliss-reactive ketones (excluding diaryl/α,β-unsaturated/α-hetero) is 1. The number of hydrogen-bond acceptors (Lipinski definition) is 1. The maximum Gasteiger partial charge on any atom is 0.133 e. The van der Waals surface area contributed by atoms with Crippen molar-refractivity contribution in [2.24, 2.45) is 23.7 Å². The predicted molar refractivity (Wildman–Crippen MR) is 60.1 cm³/mol. The first-order chi connectivity index (χ1) is 6.54. The van der Waals surface area contributed by atoms with Crippen molar-refractivity contribution in [1.82, 2.24) is 0 Å². The average molecular weight is 196 g/mol. The summed E-state index contributed by atoms with van der Waals surface area (Å²) in [6.45, 7) is 8.57. The zero-order chi connectivity index (χ0) is 10.7. The Labute approximate surface area is 88.3 Å². The van der Waals surface area contributed by atoms with E-state index in [2.05, 4.69) is 20.8 Å². The molecule has 0 radical (unpaired) electrons. The molecular formula is C13H24O. The third-order valence-electron chi connectivity index (χ3n) is 3.75. The van der Waals surface area contributed by atoms with E-state index in [-0.39, 0.29) is 0 Å². The van der Waals surface area contributed by atoms with Crippen LogP contribution < -0.4 is 0 Å². The van der Waals surface area contributed by atoms with Crippen molar-refractivity contribution in [1.29, 1.82) is 0 Å². The second kappa shape index (κ2) is 4.95. The largest absolute Gasteiger partial charge is 0.300 e. The molecule has 0 aliphatic heterocycles. The van der Waals surface area contributed by atoms with Gasteiger partial charge in [-0.15, -0.1) is 0 Å². The van der Waals surface area contributed by atoms with Gasteiger partial charge in [0.15, 0.2) is 0 Å². The van der Waals surface area contributed by atoms with Crippen molar-refractivity contribution < 1.29 is 4.79 Å². The minimum atomic E-state index is 0.334. The predicted octanol–water partition coefficient (Wildman–Crippen LogP) is 3.67. The SMILES string of the molecule is CCC(C(C)=O)C1CC(C)CC(C)C1. The molecule has 3 unspecified atom stereocenters. The van der Waals surface area contributed by atoms with E-state index >= 15 is 0 Å². The van der Waals surface area contributed by atoms with E-state index in [1.165, 1.54) is 19.3 Å². The summed E-state index contributed by atoms with van der Waals surface area (Å²) in [5.41, 5.74) is 0.